The van der Waals surface area contributed by atoms with Gasteiger partial charge in [0, 0.05) is 4.47 Å². The lowest BCUT2D eigenvalue weighted by Gasteiger charge is -2.04. The quantitative estimate of drug-likeness (QED) is 0.878. The van der Waals surface area contributed by atoms with Crippen LogP contribution in [0, 0.1) is 0 Å². The number of hydrogen-bond donors (Lipinski definition) is 1. The van der Waals surface area contributed by atoms with Crippen LogP contribution in [0.2, 0.25) is 0 Å². The highest BCUT2D eigenvalue weighted by molar-refractivity contribution is 9.11. The van der Waals surface area contributed by atoms with Crippen LogP contribution < -0.4 is 5.73 Å². The van der Waals surface area contributed by atoms with E-state index in [1.165, 1.54) is 0 Å². The maximum Gasteiger partial charge on any atom is 0.141 e. The second-order valence-electron chi connectivity index (χ2n) is 4.13. The Labute approximate surface area is 117 Å². The van der Waals surface area contributed by atoms with Gasteiger partial charge in [0.25, 0.3) is 0 Å². The Bertz CT molecular complexity index is 547. The van der Waals surface area contributed by atoms with Crippen LogP contribution in [0.5, 0.6) is 0 Å². The fourth-order valence-electron chi connectivity index (χ4n) is 1.60. The molecule has 0 aliphatic rings. The van der Waals surface area contributed by atoms with Crippen molar-refractivity contribution in [2.45, 2.75) is 19.8 Å². The minimum Gasteiger partial charge on any atom is -0.383 e. The van der Waals surface area contributed by atoms with Crippen molar-refractivity contribution in [2.75, 3.05) is 5.73 Å². The average molecular weight is 359 g/mol. The van der Waals surface area contributed by atoms with Crippen LogP contribution in [0.1, 0.15) is 25.5 Å². The molecule has 1 heterocycles. The summed E-state index contributed by atoms with van der Waals surface area (Å²) in [6.07, 6.45) is 0. The normalized spacial score (nSPS) is 11.1. The van der Waals surface area contributed by atoms with Crippen molar-refractivity contribution in [2.24, 2.45) is 0 Å². The first-order valence-corrected chi connectivity index (χ1v) is 6.89. The number of nitrogens with zero attached hydrogens (tertiary/aromatic N) is 2. The van der Waals surface area contributed by atoms with Gasteiger partial charge in [-0.1, -0.05) is 35.8 Å². The minimum atomic E-state index is 0.333. The van der Waals surface area contributed by atoms with E-state index in [0.717, 1.165) is 20.3 Å². The van der Waals surface area contributed by atoms with E-state index in [0.29, 0.717) is 11.7 Å². The van der Waals surface area contributed by atoms with E-state index >= 15 is 0 Å². The maximum absolute atomic E-state index is 6.06. The molecule has 5 heteroatoms. The SMILES string of the molecule is CC(C)c1nn(-c2cccc(Br)c2)c(N)c1Br. The van der Waals surface area contributed by atoms with Gasteiger partial charge in [-0.05, 0) is 40.0 Å². The predicted octanol–water partition coefficient (Wildman–Crippen LogP) is 4.10. The molecule has 90 valence electrons. The van der Waals surface area contributed by atoms with Crippen LogP contribution in [-0.4, -0.2) is 9.78 Å². The second-order valence-corrected chi connectivity index (χ2v) is 5.84. The summed E-state index contributed by atoms with van der Waals surface area (Å²) >= 11 is 6.94. The van der Waals surface area contributed by atoms with E-state index in [1.54, 1.807) is 4.68 Å². The Morgan fingerprint density at radius 2 is 2.00 bits per heavy atom. The first kappa shape index (κ1) is 12.6. The molecule has 0 atom stereocenters. The molecule has 0 aliphatic heterocycles. The highest BCUT2D eigenvalue weighted by atomic mass is 79.9. The van der Waals surface area contributed by atoms with Crippen molar-refractivity contribution in [1.82, 2.24) is 9.78 Å². The van der Waals surface area contributed by atoms with Gasteiger partial charge in [-0.2, -0.15) is 5.10 Å². The predicted molar refractivity (Wildman–Crippen MR) is 77.5 cm³/mol. The molecule has 0 saturated heterocycles. The van der Waals surface area contributed by atoms with Crippen LogP contribution in [0.15, 0.2) is 33.2 Å². The molecular weight excluding hydrogens is 346 g/mol. The summed E-state index contributed by atoms with van der Waals surface area (Å²) in [4.78, 5) is 0. The molecular formula is C12H13Br2N3. The molecule has 1 aromatic carbocycles. The number of rotatable bonds is 2. The number of halogens is 2. The molecule has 0 unspecified atom stereocenters. The summed E-state index contributed by atoms with van der Waals surface area (Å²) in [6.45, 7) is 4.19. The fourth-order valence-corrected chi connectivity index (χ4v) is 2.70. The Morgan fingerprint density at radius 1 is 1.29 bits per heavy atom. The molecule has 0 saturated carbocycles. The Kier molecular flexibility index (Phi) is 3.58. The maximum atomic E-state index is 6.06. The largest absolute Gasteiger partial charge is 0.383 e. The molecule has 0 radical (unpaired) electrons. The van der Waals surface area contributed by atoms with Gasteiger partial charge in [0.1, 0.15) is 5.82 Å². The summed E-state index contributed by atoms with van der Waals surface area (Å²) < 4.78 is 3.64. The molecule has 1 aromatic heterocycles. The number of benzene rings is 1. The van der Waals surface area contributed by atoms with E-state index in [-0.39, 0.29) is 0 Å². The van der Waals surface area contributed by atoms with Crippen LogP contribution >= 0.6 is 31.9 Å². The lowest BCUT2D eigenvalue weighted by atomic mass is 10.1. The summed E-state index contributed by atoms with van der Waals surface area (Å²) in [5.74, 6) is 0.965. The van der Waals surface area contributed by atoms with Gasteiger partial charge in [-0.15, -0.1) is 0 Å². The van der Waals surface area contributed by atoms with Gasteiger partial charge in [0.05, 0.1) is 15.9 Å². The van der Waals surface area contributed by atoms with Crippen molar-refractivity contribution < 1.29 is 0 Å². The van der Waals surface area contributed by atoms with E-state index in [1.807, 2.05) is 24.3 Å². The third kappa shape index (κ3) is 2.40. The highest BCUT2D eigenvalue weighted by Crippen LogP contribution is 2.31. The first-order chi connectivity index (χ1) is 8.00. The van der Waals surface area contributed by atoms with Crippen molar-refractivity contribution in [3.05, 3.63) is 38.9 Å². The third-order valence-electron chi connectivity index (χ3n) is 2.49. The fraction of sp³-hybridized carbons (Fsp3) is 0.250. The summed E-state index contributed by atoms with van der Waals surface area (Å²) in [5.41, 5.74) is 7.98. The van der Waals surface area contributed by atoms with E-state index in [4.69, 9.17) is 5.73 Å². The third-order valence-corrected chi connectivity index (χ3v) is 3.79. The number of aromatic nitrogens is 2. The molecule has 3 nitrogen and oxygen atoms in total. The van der Waals surface area contributed by atoms with Gasteiger partial charge < -0.3 is 5.73 Å². The zero-order valence-electron chi connectivity index (χ0n) is 9.61. The van der Waals surface area contributed by atoms with Gasteiger partial charge >= 0.3 is 0 Å². The summed E-state index contributed by atoms with van der Waals surface area (Å²) in [7, 11) is 0. The summed E-state index contributed by atoms with van der Waals surface area (Å²) in [6, 6.07) is 7.90. The van der Waals surface area contributed by atoms with E-state index in [9.17, 15) is 0 Å². The van der Waals surface area contributed by atoms with E-state index < -0.39 is 0 Å². The Hall–Kier alpha value is -0.810. The smallest absolute Gasteiger partial charge is 0.141 e. The molecule has 0 aliphatic carbocycles. The lowest BCUT2D eigenvalue weighted by molar-refractivity contribution is 0.769. The number of anilines is 1. The molecule has 0 spiro atoms. The standard InChI is InChI=1S/C12H13Br2N3/c1-7(2)11-10(14)12(15)17(16-11)9-5-3-4-8(13)6-9/h3-7H,15H2,1-2H3. The van der Waals surface area contributed by atoms with E-state index in [2.05, 4.69) is 50.8 Å². The monoisotopic (exact) mass is 357 g/mol. The molecule has 0 bridgehead atoms. The first-order valence-electron chi connectivity index (χ1n) is 5.30. The lowest BCUT2D eigenvalue weighted by Crippen LogP contribution is -2.02. The molecule has 2 aromatic rings. The summed E-state index contributed by atoms with van der Waals surface area (Å²) in [5, 5.41) is 4.54. The van der Waals surface area contributed by atoms with Crippen molar-refractivity contribution >= 4 is 37.7 Å². The number of nitrogens with two attached hydrogens (primary N) is 1. The number of nitrogen functional groups attached to an aromatic ring is 1. The molecule has 2 rings (SSSR count). The zero-order chi connectivity index (χ0) is 12.6. The molecule has 2 N–H and O–H groups in total. The van der Waals surface area contributed by atoms with Gasteiger partial charge in [-0.3, -0.25) is 0 Å². The van der Waals surface area contributed by atoms with Crippen molar-refractivity contribution in [3.63, 3.8) is 0 Å². The van der Waals surface area contributed by atoms with Gasteiger partial charge in [0.2, 0.25) is 0 Å². The minimum absolute atomic E-state index is 0.333. The van der Waals surface area contributed by atoms with Crippen LogP contribution in [0.25, 0.3) is 5.69 Å². The molecule has 0 fully saturated rings. The van der Waals surface area contributed by atoms with Gasteiger partial charge in [-0.25, -0.2) is 4.68 Å². The van der Waals surface area contributed by atoms with Crippen molar-refractivity contribution in [1.29, 1.82) is 0 Å². The van der Waals surface area contributed by atoms with Crippen LogP contribution in [-0.2, 0) is 0 Å². The molecule has 17 heavy (non-hydrogen) atoms. The van der Waals surface area contributed by atoms with Crippen LogP contribution in [0.4, 0.5) is 5.82 Å². The zero-order valence-corrected chi connectivity index (χ0v) is 12.8. The molecule has 0 amide bonds. The number of hydrogen-bond acceptors (Lipinski definition) is 2. The van der Waals surface area contributed by atoms with Crippen LogP contribution in [0.3, 0.4) is 0 Å². The highest BCUT2D eigenvalue weighted by Gasteiger charge is 2.16. The Balaban J connectivity index is 2.57. The van der Waals surface area contributed by atoms with Crippen molar-refractivity contribution in [3.8, 4) is 5.69 Å². The van der Waals surface area contributed by atoms with Gasteiger partial charge in [0.15, 0.2) is 0 Å². The Morgan fingerprint density at radius 3 is 2.53 bits per heavy atom. The second kappa shape index (κ2) is 4.82. The average Bonchev–Trinajstić information content (AvgIpc) is 2.56. The topological polar surface area (TPSA) is 43.8 Å².